The van der Waals surface area contributed by atoms with E-state index in [1.807, 2.05) is 0 Å². The summed E-state index contributed by atoms with van der Waals surface area (Å²) in [7, 11) is 0. The van der Waals surface area contributed by atoms with E-state index in [9.17, 15) is 0 Å². The number of benzene rings is 1. The molecule has 2 aliphatic carbocycles. The first-order chi connectivity index (χ1) is 7.60. The Labute approximate surface area is 105 Å². The van der Waals surface area contributed by atoms with Gasteiger partial charge >= 0.3 is 0 Å². The van der Waals surface area contributed by atoms with Gasteiger partial charge in [0.05, 0.1) is 0 Å². The standard InChI is InChI=1S/C15H15Br/c1-15(2)13-6-4-3-5-11(13)12-8-7-10(16)9-14(12)15/h3-9,12,14H,1-2H3. The van der Waals surface area contributed by atoms with Gasteiger partial charge in [-0.3, -0.25) is 0 Å². The van der Waals surface area contributed by atoms with E-state index in [1.54, 1.807) is 0 Å². The molecule has 1 aromatic rings. The summed E-state index contributed by atoms with van der Waals surface area (Å²) in [4.78, 5) is 0. The van der Waals surface area contributed by atoms with Crippen LogP contribution in [0.2, 0.25) is 0 Å². The molecule has 0 amide bonds. The van der Waals surface area contributed by atoms with Crippen LogP contribution in [0.15, 0.2) is 47.0 Å². The molecule has 2 atom stereocenters. The highest BCUT2D eigenvalue weighted by molar-refractivity contribution is 9.11. The molecule has 0 N–H and O–H groups in total. The van der Waals surface area contributed by atoms with Gasteiger partial charge in [-0.05, 0) is 22.5 Å². The maximum atomic E-state index is 3.60. The lowest BCUT2D eigenvalue weighted by Gasteiger charge is -2.30. The van der Waals surface area contributed by atoms with Crippen LogP contribution < -0.4 is 0 Å². The maximum absolute atomic E-state index is 3.60. The fraction of sp³-hybridized carbons (Fsp3) is 0.333. The van der Waals surface area contributed by atoms with Crippen LogP contribution in [0.25, 0.3) is 0 Å². The average molecular weight is 275 g/mol. The Morgan fingerprint density at radius 3 is 2.75 bits per heavy atom. The first kappa shape index (κ1) is 10.3. The Morgan fingerprint density at radius 1 is 1.19 bits per heavy atom. The molecule has 16 heavy (non-hydrogen) atoms. The fourth-order valence-corrected chi connectivity index (χ4v) is 3.59. The van der Waals surface area contributed by atoms with Crippen LogP contribution in [0, 0.1) is 5.92 Å². The molecule has 0 spiro atoms. The van der Waals surface area contributed by atoms with Gasteiger partial charge in [0.1, 0.15) is 0 Å². The zero-order valence-electron chi connectivity index (χ0n) is 9.57. The lowest BCUT2D eigenvalue weighted by Crippen LogP contribution is -2.24. The summed E-state index contributed by atoms with van der Waals surface area (Å²) in [6, 6.07) is 8.86. The molecule has 82 valence electrons. The summed E-state index contributed by atoms with van der Waals surface area (Å²) >= 11 is 3.60. The summed E-state index contributed by atoms with van der Waals surface area (Å²) in [6.45, 7) is 4.71. The van der Waals surface area contributed by atoms with Crippen LogP contribution >= 0.6 is 15.9 Å². The van der Waals surface area contributed by atoms with Crippen molar-refractivity contribution in [3.05, 3.63) is 58.1 Å². The molecule has 0 heterocycles. The van der Waals surface area contributed by atoms with E-state index in [4.69, 9.17) is 0 Å². The van der Waals surface area contributed by atoms with E-state index >= 15 is 0 Å². The summed E-state index contributed by atoms with van der Waals surface area (Å²) in [6.07, 6.45) is 6.88. The highest BCUT2D eigenvalue weighted by Crippen LogP contribution is 2.53. The van der Waals surface area contributed by atoms with Crippen LogP contribution in [-0.2, 0) is 5.41 Å². The Kier molecular flexibility index (Phi) is 2.16. The third-order valence-corrected chi connectivity index (χ3v) is 4.56. The van der Waals surface area contributed by atoms with Crippen LogP contribution in [0.5, 0.6) is 0 Å². The molecule has 1 aromatic carbocycles. The van der Waals surface area contributed by atoms with Gasteiger partial charge in [0.25, 0.3) is 0 Å². The Morgan fingerprint density at radius 2 is 1.94 bits per heavy atom. The predicted molar refractivity (Wildman–Crippen MR) is 71.8 cm³/mol. The van der Waals surface area contributed by atoms with Crippen molar-refractivity contribution in [3.63, 3.8) is 0 Å². The van der Waals surface area contributed by atoms with Gasteiger partial charge in [0, 0.05) is 10.4 Å². The van der Waals surface area contributed by atoms with Crippen LogP contribution in [0.4, 0.5) is 0 Å². The molecule has 0 saturated carbocycles. The van der Waals surface area contributed by atoms with Crippen LogP contribution in [0.3, 0.4) is 0 Å². The highest BCUT2D eigenvalue weighted by atomic mass is 79.9. The molecule has 3 rings (SSSR count). The third kappa shape index (κ3) is 1.27. The van der Waals surface area contributed by atoms with Crippen molar-refractivity contribution in [3.8, 4) is 0 Å². The highest BCUT2D eigenvalue weighted by Gasteiger charge is 2.44. The van der Waals surface area contributed by atoms with Gasteiger partial charge < -0.3 is 0 Å². The second kappa shape index (κ2) is 3.33. The lowest BCUT2D eigenvalue weighted by atomic mass is 9.74. The largest absolute Gasteiger partial charge is 0.0753 e. The molecule has 0 radical (unpaired) electrons. The topological polar surface area (TPSA) is 0 Å². The molecule has 2 unspecified atom stereocenters. The van der Waals surface area contributed by atoms with Crippen molar-refractivity contribution in [2.45, 2.75) is 25.2 Å². The van der Waals surface area contributed by atoms with Gasteiger partial charge in [-0.25, -0.2) is 0 Å². The van der Waals surface area contributed by atoms with Crippen molar-refractivity contribution < 1.29 is 0 Å². The number of allylic oxidation sites excluding steroid dienone is 4. The normalized spacial score (nSPS) is 29.6. The maximum Gasteiger partial charge on any atom is 0.0135 e. The Hall–Kier alpha value is -0.820. The van der Waals surface area contributed by atoms with E-state index in [0.29, 0.717) is 11.8 Å². The van der Waals surface area contributed by atoms with Gasteiger partial charge in [-0.1, -0.05) is 72.3 Å². The van der Waals surface area contributed by atoms with Crippen LogP contribution in [-0.4, -0.2) is 0 Å². The van der Waals surface area contributed by atoms with Crippen molar-refractivity contribution in [2.24, 2.45) is 5.92 Å². The predicted octanol–water partition coefficient (Wildman–Crippen LogP) is 4.53. The number of halogens is 1. The fourth-order valence-electron chi connectivity index (χ4n) is 3.15. The van der Waals surface area contributed by atoms with E-state index in [2.05, 4.69) is 72.3 Å². The van der Waals surface area contributed by atoms with Crippen molar-refractivity contribution in [1.82, 2.24) is 0 Å². The zero-order valence-corrected chi connectivity index (χ0v) is 11.2. The second-order valence-electron chi connectivity index (χ2n) is 5.27. The third-order valence-electron chi connectivity index (χ3n) is 4.04. The van der Waals surface area contributed by atoms with E-state index in [1.165, 1.54) is 15.6 Å². The number of hydrogen-bond donors (Lipinski definition) is 0. The van der Waals surface area contributed by atoms with Gasteiger partial charge in [-0.15, -0.1) is 0 Å². The first-order valence-electron chi connectivity index (χ1n) is 5.75. The molecule has 2 aliphatic rings. The number of fused-ring (bicyclic) bond motifs is 3. The molecule has 0 nitrogen and oxygen atoms in total. The van der Waals surface area contributed by atoms with E-state index < -0.39 is 0 Å². The summed E-state index contributed by atoms with van der Waals surface area (Å²) in [5.74, 6) is 1.15. The minimum Gasteiger partial charge on any atom is -0.0753 e. The molecular formula is C15H15Br. The minimum atomic E-state index is 0.241. The van der Waals surface area contributed by atoms with Gasteiger partial charge in [0.15, 0.2) is 0 Å². The second-order valence-corrected chi connectivity index (χ2v) is 6.19. The molecule has 1 heteroatoms. The van der Waals surface area contributed by atoms with E-state index in [-0.39, 0.29) is 5.41 Å². The minimum absolute atomic E-state index is 0.241. The molecule has 0 bridgehead atoms. The molecule has 0 aliphatic heterocycles. The molecule has 0 saturated heterocycles. The first-order valence-corrected chi connectivity index (χ1v) is 6.55. The Balaban J connectivity index is 2.21. The van der Waals surface area contributed by atoms with Gasteiger partial charge in [-0.2, -0.15) is 0 Å². The molecular weight excluding hydrogens is 260 g/mol. The van der Waals surface area contributed by atoms with Crippen molar-refractivity contribution >= 4 is 15.9 Å². The Bertz CT molecular complexity index is 494. The van der Waals surface area contributed by atoms with Crippen molar-refractivity contribution in [1.29, 1.82) is 0 Å². The lowest BCUT2D eigenvalue weighted by molar-refractivity contribution is 0.394. The summed E-state index contributed by atoms with van der Waals surface area (Å²) < 4.78 is 1.22. The van der Waals surface area contributed by atoms with E-state index in [0.717, 1.165) is 0 Å². The molecule has 0 aromatic heterocycles. The monoisotopic (exact) mass is 274 g/mol. The average Bonchev–Trinajstić information content (AvgIpc) is 2.49. The summed E-state index contributed by atoms with van der Waals surface area (Å²) in [5.41, 5.74) is 3.25. The molecule has 0 fully saturated rings. The smallest absolute Gasteiger partial charge is 0.0135 e. The van der Waals surface area contributed by atoms with Crippen molar-refractivity contribution in [2.75, 3.05) is 0 Å². The van der Waals surface area contributed by atoms with Crippen LogP contribution in [0.1, 0.15) is 30.9 Å². The summed E-state index contributed by atoms with van der Waals surface area (Å²) in [5, 5.41) is 0. The SMILES string of the molecule is CC1(C)c2ccccc2C2C=CC(Br)=CC21. The van der Waals surface area contributed by atoms with Gasteiger partial charge in [0.2, 0.25) is 0 Å². The zero-order chi connectivity index (χ0) is 11.3. The number of hydrogen-bond acceptors (Lipinski definition) is 0. The number of rotatable bonds is 0. The quantitative estimate of drug-likeness (QED) is 0.652.